The van der Waals surface area contributed by atoms with Crippen LogP contribution in [0, 0.1) is 6.92 Å². The largest absolute Gasteiger partial charge is 0.361 e. The maximum atomic E-state index is 5.52. The number of fused-ring (bicyclic) bond motifs is 1. The molecule has 0 saturated heterocycles. The minimum absolute atomic E-state index is 0.805. The van der Waals surface area contributed by atoms with Crippen LogP contribution in [0.5, 0.6) is 0 Å². The molecule has 3 heterocycles. The van der Waals surface area contributed by atoms with Crippen LogP contribution in [-0.2, 0) is 19.5 Å². The van der Waals surface area contributed by atoms with Gasteiger partial charge in [-0.25, -0.2) is 9.97 Å². The third-order valence-electron chi connectivity index (χ3n) is 5.46. The van der Waals surface area contributed by atoms with Crippen molar-refractivity contribution in [3.63, 3.8) is 0 Å². The van der Waals surface area contributed by atoms with Gasteiger partial charge in [-0.2, -0.15) is 0 Å². The average molecular weight is 382 g/mol. The molecule has 2 aromatic carbocycles. The first-order valence-electron chi connectivity index (χ1n) is 9.91. The van der Waals surface area contributed by atoms with Crippen molar-refractivity contribution in [3.8, 4) is 22.6 Å². The molecule has 144 valence electrons. The van der Waals surface area contributed by atoms with Crippen LogP contribution >= 0.6 is 0 Å². The quantitative estimate of drug-likeness (QED) is 0.514. The first-order chi connectivity index (χ1) is 14.3. The lowest BCUT2D eigenvalue weighted by molar-refractivity contribution is 0.241. The van der Waals surface area contributed by atoms with Crippen molar-refractivity contribution < 1.29 is 4.52 Å². The zero-order chi connectivity index (χ0) is 19.6. The van der Waals surface area contributed by atoms with Crippen molar-refractivity contribution in [2.75, 3.05) is 6.54 Å². The summed E-state index contributed by atoms with van der Waals surface area (Å²) in [6, 6.07) is 20.4. The van der Waals surface area contributed by atoms with Crippen molar-refractivity contribution in [2.45, 2.75) is 26.4 Å². The van der Waals surface area contributed by atoms with Crippen molar-refractivity contribution >= 4 is 0 Å². The van der Waals surface area contributed by atoms with E-state index in [4.69, 9.17) is 9.51 Å². The summed E-state index contributed by atoms with van der Waals surface area (Å²) in [7, 11) is 0. The van der Waals surface area contributed by atoms with Crippen LogP contribution in [-0.4, -0.2) is 26.6 Å². The number of aromatic nitrogens is 3. The minimum atomic E-state index is 0.805. The first-order valence-corrected chi connectivity index (χ1v) is 9.91. The maximum absolute atomic E-state index is 5.52. The lowest BCUT2D eigenvalue weighted by Crippen LogP contribution is -2.31. The molecule has 0 unspecified atom stereocenters. The Labute approximate surface area is 170 Å². The van der Waals surface area contributed by atoms with Crippen LogP contribution in [0.4, 0.5) is 0 Å². The van der Waals surface area contributed by atoms with E-state index >= 15 is 0 Å². The van der Waals surface area contributed by atoms with E-state index < -0.39 is 0 Å². The van der Waals surface area contributed by atoms with Crippen molar-refractivity contribution in [1.29, 1.82) is 0 Å². The van der Waals surface area contributed by atoms with Gasteiger partial charge in [0, 0.05) is 54.5 Å². The highest BCUT2D eigenvalue weighted by atomic mass is 16.5. The highest BCUT2D eigenvalue weighted by Crippen LogP contribution is 2.28. The van der Waals surface area contributed by atoms with Crippen LogP contribution in [0.2, 0.25) is 0 Å². The highest BCUT2D eigenvalue weighted by molar-refractivity contribution is 5.63. The van der Waals surface area contributed by atoms with Gasteiger partial charge in [0.25, 0.3) is 0 Å². The van der Waals surface area contributed by atoms with Crippen LogP contribution in [0.3, 0.4) is 0 Å². The van der Waals surface area contributed by atoms with Gasteiger partial charge >= 0.3 is 0 Å². The van der Waals surface area contributed by atoms with E-state index in [0.29, 0.717) is 0 Å². The minimum Gasteiger partial charge on any atom is -0.361 e. The summed E-state index contributed by atoms with van der Waals surface area (Å²) < 4.78 is 5.52. The summed E-state index contributed by atoms with van der Waals surface area (Å²) in [5.41, 5.74) is 6.59. The lowest BCUT2D eigenvalue weighted by atomic mass is 10.0. The van der Waals surface area contributed by atoms with E-state index in [1.807, 2.05) is 49.5 Å². The molecule has 0 saturated carbocycles. The number of benzene rings is 2. The molecule has 0 N–H and O–H groups in total. The molecule has 0 fully saturated rings. The first kappa shape index (κ1) is 17.8. The van der Waals surface area contributed by atoms with Crippen LogP contribution < -0.4 is 0 Å². The van der Waals surface area contributed by atoms with Gasteiger partial charge in [-0.05, 0) is 6.92 Å². The van der Waals surface area contributed by atoms with Crippen molar-refractivity contribution in [2.24, 2.45) is 0 Å². The number of nitrogens with zero attached hydrogens (tertiary/aromatic N) is 4. The Balaban J connectivity index is 1.37. The molecule has 1 aliphatic rings. The third-order valence-corrected chi connectivity index (χ3v) is 5.46. The maximum Gasteiger partial charge on any atom is 0.159 e. The van der Waals surface area contributed by atoms with E-state index in [9.17, 15) is 0 Å². The number of hydrogen-bond acceptors (Lipinski definition) is 5. The zero-order valence-electron chi connectivity index (χ0n) is 16.4. The molecular weight excluding hydrogens is 360 g/mol. The summed E-state index contributed by atoms with van der Waals surface area (Å²) in [4.78, 5) is 11.9. The van der Waals surface area contributed by atoms with Gasteiger partial charge in [0.1, 0.15) is 11.5 Å². The molecule has 2 aromatic heterocycles. The number of rotatable bonds is 4. The van der Waals surface area contributed by atoms with E-state index in [2.05, 4.69) is 39.3 Å². The van der Waals surface area contributed by atoms with Gasteiger partial charge < -0.3 is 4.52 Å². The smallest absolute Gasteiger partial charge is 0.159 e. The van der Waals surface area contributed by atoms with E-state index in [0.717, 1.165) is 65.7 Å². The Morgan fingerprint density at radius 1 is 0.966 bits per heavy atom. The van der Waals surface area contributed by atoms with Gasteiger partial charge in [-0.15, -0.1) is 0 Å². The molecular formula is C24H22N4O. The fourth-order valence-electron chi connectivity index (χ4n) is 3.86. The average Bonchev–Trinajstić information content (AvgIpc) is 3.14. The third kappa shape index (κ3) is 3.57. The Morgan fingerprint density at radius 3 is 2.45 bits per heavy atom. The van der Waals surface area contributed by atoms with Crippen LogP contribution in [0.25, 0.3) is 22.6 Å². The Kier molecular flexibility index (Phi) is 4.66. The SMILES string of the molecule is Cc1onc(-c2ccccc2)c1CN1CCc2nc(-c3ccccc3)ncc2C1. The van der Waals surface area contributed by atoms with Gasteiger partial charge in [0.15, 0.2) is 5.82 Å². The molecule has 0 radical (unpaired) electrons. The van der Waals surface area contributed by atoms with Crippen molar-refractivity contribution in [1.82, 2.24) is 20.0 Å². The molecule has 29 heavy (non-hydrogen) atoms. The van der Waals surface area contributed by atoms with Crippen molar-refractivity contribution in [3.05, 3.63) is 89.4 Å². The zero-order valence-corrected chi connectivity index (χ0v) is 16.4. The second kappa shape index (κ2) is 7.60. The summed E-state index contributed by atoms with van der Waals surface area (Å²) in [5, 5.41) is 4.31. The Hall–Kier alpha value is -3.31. The molecule has 4 aromatic rings. The lowest BCUT2D eigenvalue weighted by Gasteiger charge is -2.28. The molecule has 0 bridgehead atoms. The number of aryl methyl sites for hydroxylation is 1. The van der Waals surface area contributed by atoms with Gasteiger partial charge in [0.2, 0.25) is 0 Å². The standard InChI is InChI=1S/C24H22N4O/c1-17-21(23(27-29-17)18-8-4-2-5-9-18)16-28-13-12-22-20(15-28)14-25-24(26-22)19-10-6-3-7-11-19/h2-11,14H,12-13,15-16H2,1H3. The molecule has 5 rings (SSSR count). The molecule has 5 heteroatoms. The molecule has 1 aliphatic heterocycles. The second-order valence-electron chi connectivity index (χ2n) is 7.42. The molecule has 5 nitrogen and oxygen atoms in total. The van der Waals surface area contributed by atoms with E-state index in [1.165, 1.54) is 5.56 Å². The van der Waals surface area contributed by atoms with E-state index in [1.54, 1.807) is 0 Å². The molecule has 0 atom stereocenters. The predicted octanol–water partition coefficient (Wildman–Crippen LogP) is 4.67. The highest BCUT2D eigenvalue weighted by Gasteiger charge is 2.22. The molecule has 0 aliphatic carbocycles. The Morgan fingerprint density at radius 2 is 1.69 bits per heavy atom. The van der Waals surface area contributed by atoms with Crippen LogP contribution in [0.15, 0.2) is 71.4 Å². The summed E-state index contributed by atoms with van der Waals surface area (Å²) in [5.74, 6) is 1.68. The topological polar surface area (TPSA) is 55.1 Å². The monoisotopic (exact) mass is 382 g/mol. The van der Waals surface area contributed by atoms with Gasteiger partial charge in [-0.3, -0.25) is 4.90 Å². The summed E-state index contributed by atoms with van der Waals surface area (Å²) in [6.45, 7) is 4.59. The summed E-state index contributed by atoms with van der Waals surface area (Å²) in [6.07, 6.45) is 2.90. The summed E-state index contributed by atoms with van der Waals surface area (Å²) >= 11 is 0. The van der Waals surface area contributed by atoms with Crippen LogP contribution in [0.1, 0.15) is 22.6 Å². The fourth-order valence-corrected chi connectivity index (χ4v) is 3.86. The number of hydrogen-bond donors (Lipinski definition) is 0. The molecule has 0 amide bonds. The molecule has 0 spiro atoms. The van der Waals surface area contributed by atoms with Gasteiger partial charge in [0.05, 0.1) is 5.69 Å². The Bertz CT molecular complexity index is 1120. The predicted molar refractivity (Wildman–Crippen MR) is 112 cm³/mol. The van der Waals surface area contributed by atoms with E-state index in [-0.39, 0.29) is 0 Å². The second-order valence-corrected chi connectivity index (χ2v) is 7.42. The fraction of sp³-hybridized carbons (Fsp3) is 0.208. The van der Waals surface area contributed by atoms with Gasteiger partial charge in [-0.1, -0.05) is 65.8 Å². The normalized spacial score (nSPS) is 14.0.